The van der Waals surface area contributed by atoms with Gasteiger partial charge in [0.2, 0.25) is 0 Å². The average Bonchev–Trinajstić information content (AvgIpc) is 2.55. The molecule has 0 aromatic carbocycles. The second kappa shape index (κ2) is 5.32. The number of carboxylic acids is 1. The second-order valence-electron chi connectivity index (χ2n) is 4.07. The highest BCUT2D eigenvalue weighted by Gasteiger charge is 2.24. The number of hydrogen-bond donors (Lipinski definition) is 1. The molecule has 1 heterocycles. The predicted octanol–water partition coefficient (Wildman–Crippen LogP) is 1.15. The third-order valence-corrected chi connectivity index (χ3v) is 2.38. The van der Waals surface area contributed by atoms with Crippen LogP contribution in [0.15, 0.2) is 0 Å². The van der Waals surface area contributed by atoms with Gasteiger partial charge in [0.1, 0.15) is 0 Å². The van der Waals surface area contributed by atoms with Crippen LogP contribution in [0.25, 0.3) is 0 Å². The molecule has 0 amide bonds. The Morgan fingerprint density at radius 2 is 2.36 bits per heavy atom. The maximum Gasteiger partial charge on any atom is 0.333 e. The molecule has 1 rings (SSSR count). The van der Waals surface area contributed by atoms with Crippen molar-refractivity contribution in [2.45, 2.75) is 26.4 Å². The molecule has 1 saturated heterocycles. The van der Waals surface area contributed by atoms with E-state index in [4.69, 9.17) is 14.6 Å². The molecule has 1 aliphatic rings. The molecule has 2 unspecified atom stereocenters. The summed E-state index contributed by atoms with van der Waals surface area (Å²) < 4.78 is 10.6. The maximum absolute atomic E-state index is 10.8. The minimum absolute atomic E-state index is 0.00909. The molecule has 1 fully saturated rings. The number of aliphatic carboxylic acids is 1. The van der Waals surface area contributed by atoms with Gasteiger partial charge in [0.15, 0.2) is 6.10 Å². The van der Waals surface area contributed by atoms with Crippen molar-refractivity contribution in [3.63, 3.8) is 0 Å². The summed E-state index contributed by atoms with van der Waals surface area (Å²) >= 11 is 0. The van der Waals surface area contributed by atoms with Crippen LogP contribution in [0.2, 0.25) is 0 Å². The van der Waals surface area contributed by atoms with Crippen molar-refractivity contribution in [2.24, 2.45) is 11.8 Å². The van der Waals surface area contributed by atoms with Gasteiger partial charge in [-0.15, -0.1) is 0 Å². The molecular formula is C10H18O4. The summed E-state index contributed by atoms with van der Waals surface area (Å²) in [7, 11) is 0. The third-order valence-electron chi connectivity index (χ3n) is 2.38. The molecule has 4 nitrogen and oxygen atoms in total. The standard InChI is InChI=1S/C10H18O4/c1-7(2)9(10(11)12)14-6-8-3-4-13-5-8/h7-9H,3-6H2,1-2H3,(H,11,12). The Kier molecular flexibility index (Phi) is 4.35. The van der Waals surface area contributed by atoms with Crippen LogP contribution in [0.1, 0.15) is 20.3 Å². The van der Waals surface area contributed by atoms with Gasteiger partial charge in [-0.05, 0) is 12.3 Å². The summed E-state index contributed by atoms with van der Waals surface area (Å²) in [5.41, 5.74) is 0. The SMILES string of the molecule is CC(C)C(OCC1CCOC1)C(=O)O. The lowest BCUT2D eigenvalue weighted by Crippen LogP contribution is -2.31. The van der Waals surface area contributed by atoms with Crippen LogP contribution in [0.5, 0.6) is 0 Å². The molecule has 4 heteroatoms. The summed E-state index contributed by atoms with van der Waals surface area (Å²) in [5.74, 6) is -0.496. The van der Waals surface area contributed by atoms with Gasteiger partial charge >= 0.3 is 5.97 Å². The smallest absolute Gasteiger partial charge is 0.333 e. The van der Waals surface area contributed by atoms with E-state index in [0.717, 1.165) is 13.0 Å². The lowest BCUT2D eigenvalue weighted by molar-refractivity contribution is -0.154. The van der Waals surface area contributed by atoms with Gasteiger partial charge in [-0.1, -0.05) is 13.8 Å². The number of carboxylic acid groups (broad SMARTS) is 1. The van der Waals surface area contributed by atoms with E-state index in [1.807, 2.05) is 13.8 Å². The Hall–Kier alpha value is -0.610. The first-order valence-corrected chi connectivity index (χ1v) is 5.03. The number of ether oxygens (including phenoxy) is 2. The van der Waals surface area contributed by atoms with Gasteiger partial charge in [0.25, 0.3) is 0 Å². The van der Waals surface area contributed by atoms with E-state index in [0.29, 0.717) is 19.1 Å². The van der Waals surface area contributed by atoms with Gasteiger partial charge in [-0.2, -0.15) is 0 Å². The van der Waals surface area contributed by atoms with E-state index in [-0.39, 0.29) is 5.92 Å². The fourth-order valence-electron chi connectivity index (χ4n) is 1.50. The minimum atomic E-state index is -0.876. The molecule has 0 radical (unpaired) electrons. The summed E-state index contributed by atoms with van der Waals surface area (Å²) in [4.78, 5) is 10.8. The summed E-state index contributed by atoms with van der Waals surface area (Å²) in [6.45, 7) is 5.67. The molecule has 14 heavy (non-hydrogen) atoms. The molecule has 1 N–H and O–H groups in total. The number of hydrogen-bond acceptors (Lipinski definition) is 3. The van der Waals surface area contributed by atoms with Gasteiger partial charge in [0.05, 0.1) is 13.2 Å². The van der Waals surface area contributed by atoms with E-state index in [1.165, 1.54) is 0 Å². The molecule has 0 aliphatic carbocycles. The highest BCUT2D eigenvalue weighted by atomic mass is 16.5. The average molecular weight is 202 g/mol. The van der Waals surface area contributed by atoms with Crippen LogP contribution in [0, 0.1) is 11.8 Å². The monoisotopic (exact) mass is 202 g/mol. The van der Waals surface area contributed by atoms with Crippen molar-refractivity contribution < 1.29 is 19.4 Å². The predicted molar refractivity (Wildman–Crippen MR) is 51.1 cm³/mol. The highest BCUT2D eigenvalue weighted by molar-refractivity contribution is 5.72. The Balaban J connectivity index is 2.28. The first-order valence-electron chi connectivity index (χ1n) is 5.03. The van der Waals surface area contributed by atoms with Crippen LogP contribution in [0.4, 0.5) is 0 Å². The Morgan fingerprint density at radius 1 is 1.64 bits per heavy atom. The quantitative estimate of drug-likeness (QED) is 0.726. The molecule has 0 aromatic heterocycles. The summed E-state index contributed by atoms with van der Waals surface area (Å²) in [6, 6.07) is 0. The van der Waals surface area contributed by atoms with Gasteiger partial charge in [0, 0.05) is 12.5 Å². The van der Waals surface area contributed by atoms with Gasteiger partial charge in [-0.25, -0.2) is 4.79 Å². The third kappa shape index (κ3) is 3.27. The van der Waals surface area contributed by atoms with Crippen molar-refractivity contribution in [3.8, 4) is 0 Å². The molecule has 0 aromatic rings. The fraction of sp³-hybridized carbons (Fsp3) is 0.900. The van der Waals surface area contributed by atoms with E-state index in [2.05, 4.69) is 0 Å². The zero-order chi connectivity index (χ0) is 10.6. The van der Waals surface area contributed by atoms with E-state index < -0.39 is 12.1 Å². The summed E-state index contributed by atoms with van der Waals surface area (Å²) in [6.07, 6.45) is 0.292. The second-order valence-corrected chi connectivity index (χ2v) is 4.07. The van der Waals surface area contributed by atoms with E-state index in [9.17, 15) is 4.79 Å². The van der Waals surface area contributed by atoms with E-state index >= 15 is 0 Å². The maximum atomic E-state index is 10.8. The first-order chi connectivity index (χ1) is 6.61. The van der Waals surface area contributed by atoms with Crippen molar-refractivity contribution >= 4 is 5.97 Å². The van der Waals surface area contributed by atoms with Crippen LogP contribution < -0.4 is 0 Å². The molecule has 0 saturated carbocycles. The lowest BCUT2D eigenvalue weighted by Gasteiger charge is -2.18. The Morgan fingerprint density at radius 3 is 2.79 bits per heavy atom. The molecule has 0 spiro atoms. The number of rotatable bonds is 5. The molecule has 0 bridgehead atoms. The molecule has 2 atom stereocenters. The van der Waals surface area contributed by atoms with Crippen LogP contribution >= 0.6 is 0 Å². The van der Waals surface area contributed by atoms with Crippen molar-refractivity contribution in [2.75, 3.05) is 19.8 Å². The fourth-order valence-corrected chi connectivity index (χ4v) is 1.50. The van der Waals surface area contributed by atoms with Crippen LogP contribution in [0.3, 0.4) is 0 Å². The van der Waals surface area contributed by atoms with Crippen LogP contribution in [-0.4, -0.2) is 37.0 Å². The molecule has 1 aliphatic heterocycles. The summed E-state index contributed by atoms with van der Waals surface area (Å²) in [5, 5.41) is 8.86. The topological polar surface area (TPSA) is 55.8 Å². The van der Waals surface area contributed by atoms with E-state index in [1.54, 1.807) is 0 Å². The highest BCUT2D eigenvalue weighted by Crippen LogP contribution is 2.15. The molecule has 82 valence electrons. The van der Waals surface area contributed by atoms with Gasteiger partial charge < -0.3 is 14.6 Å². The zero-order valence-corrected chi connectivity index (χ0v) is 8.73. The molecular weight excluding hydrogens is 184 g/mol. The first kappa shape index (κ1) is 11.5. The normalized spacial score (nSPS) is 24.1. The Bertz CT molecular complexity index is 185. The lowest BCUT2D eigenvalue weighted by atomic mass is 10.1. The van der Waals surface area contributed by atoms with Crippen molar-refractivity contribution in [1.82, 2.24) is 0 Å². The van der Waals surface area contributed by atoms with Crippen molar-refractivity contribution in [3.05, 3.63) is 0 Å². The van der Waals surface area contributed by atoms with Gasteiger partial charge in [-0.3, -0.25) is 0 Å². The van der Waals surface area contributed by atoms with Crippen molar-refractivity contribution in [1.29, 1.82) is 0 Å². The van der Waals surface area contributed by atoms with Crippen LogP contribution in [-0.2, 0) is 14.3 Å². The zero-order valence-electron chi connectivity index (χ0n) is 8.73. The Labute approximate surface area is 84.2 Å². The number of carbonyl (C=O) groups is 1. The largest absolute Gasteiger partial charge is 0.479 e. The minimum Gasteiger partial charge on any atom is -0.479 e.